The summed E-state index contributed by atoms with van der Waals surface area (Å²) in [5.41, 5.74) is 4.99. The molecule has 0 aliphatic carbocycles. The summed E-state index contributed by atoms with van der Waals surface area (Å²) in [6.07, 6.45) is 3.37. The van der Waals surface area contributed by atoms with Crippen LogP contribution in [-0.4, -0.2) is 72.6 Å². The maximum atomic E-state index is 15.2. The average Bonchev–Trinajstić information content (AvgIpc) is 3.44. The number of carbonyl (C=O) groups excluding carboxylic acids is 1. The fourth-order valence-corrected chi connectivity index (χ4v) is 5.84. The van der Waals surface area contributed by atoms with Crippen LogP contribution in [0.1, 0.15) is 22.3 Å². The number of fused-ring (bicyclic) bond motifs is 3. The van der Waals surface area contributed by atoms with E-state index in [0.717, 1.165) is 47.7 Å². The molecule has 0 bridgehead atoms. The molecular formula is C32H32ClFN6O2. The Balaban J connectivity index is 1.27. The number of anilines is 4. The van der Waals surface area contributed by atoms with Crippen LogP contribution in [-0.2, 0) is 6.42 Å². The smallest absolute Gasteiger partial charge is 0.253 e. The first kappa shape index (κ1) is 27.9. The van der Waals surface area contributed by atoms with Crippen LogP contribution in [0.25, 0.3) is 11.3 Å². The van der Waals surface area contributed by atoms with Crippen molar-refractivity contribution in [2.75, 3.05) is 51.1 Å². The Hall–Kier alpha value is -4.21. The van der Waals surface area contributed by atoms with Gasteiger partial charge in [-0.3, -0.25) is 4.79 Å². The maximum Gasteiger partial charge on any atom is 0.253 e. The summed E-state index contributed by atoms with van der Waals surface area (Å²) < 4.78 is 20.7. The third kappa shape index (κ3) is 5.37. The van der Waals surface area contributed by atoms with E-state index in [-0.39, 0.29) is 11.7 Å². The van der Waals surface area contributed by atoms with Crippen LogP contribution < -0.4 is 15.0 Å². The van der Waals surface area contributed by atoms with Crippen molar-refractivity contribution >= 4 is 40.5 Å². The van der Waals surface area contributed by atoms with Crippen LogP contribution in [0.3, 0.4) is 0 Å². The summed E-state index contributed by atoms with van der Waals surface area (Å²) in [6, 6.07) is 18.1. The number of carbonyl (C=O) groups is 1. The first-order valence-corrected chi connectivity index (χ1v) is 14.3. The lowest BCUT2D eigenvalue weighted by Gasteiger charge is -2.27. The van der Waals surface area contributed by atoms with E-state index in [9.17, 15) is 4.79 Å². The highest BCUT2D eigenvalue weighted by Gasteiger charge is 2.29. The van der Waals surface area contributed by atoms with Crippen LogP contribution in [0, 0.1) is 5.82 Å². The monoisotopic (exact) mass is 586 g/mol. The average molecular weight is 587 g/mol. The Morgan fingerprint density at radius 2 is 1.93 bits per heavy atom. The minimum absolute atomic E-state index is 0.0403. The molecule has 1 amide bonds. The van der Waals surface area contributed by atoms with E-state index in [1.54, 1.807) is 24.4 Å². The van der Waals surface area contributed by atoms with Crippen LogP contribution in [0.5, 0.6) is 5.75 Å². The zero-order valence-electron chi connectivity index (χ0n) is 23.8. The molecule has 1 aromatic heterocycles. The van der Waals surface area contributed by atoms with E-state index in [1.165, 1.54) is 13.2 Å². The summed E-state index contributed by atoms with van der Waals surface area (Å²) in [5, 5.41) is 3.80. The zero-order valence-corrected chi connectivity index (χ0v) is 24.5. The van der Waals surface area contributed by atoms with E-state index >= 15 is 4.39 Å². The molecule has 1 unspecified atom stereocenters. The second-order valence-corrected chi connectivity index (χ2v) is 11.2. The molecule has 42 heavy (non-hydrogen) atoms. The second kappa shape index (κ2) is 11.6. The summed E-state index contributed by atoms with van der Waals surface area (Å²) in [5.74, 6) is 0.505. The van der Waals surface area contributed by atoms with Gasteiger partial charge in [0, 0.05) is 53.7 Å². The van der Waals surface area contributed by atoms with Gasteiger partial charge in [-0.05, 0) is 87.1 Å². The Kier molecular flexibility index (Phi) is 7.70. The Morgan fingerprint density at radius 1 is 1.12 bits per heavy atom. The molecule has 2 aliphatic heterocycles. The summed E-state index contributed by atoms with van der Waals surface area (Å²) in [4.78, 5) is 28.4. The fourth-order valence-electron chi connectivity index (χ4n) is 5.67. The molecule has 1 fully saturated rings. The molecule has 10 heteroatoms. The van der Waals surface area contributed by atoms with Crippen LogP contribution >= 0.6 is 11.6 Å². The van der Waals surface area contributed by atoms with Crippen molar-refractivity contribution in [1.29, 1.82) is 0 Å². The quantitative estimate of drug-likeness (QED) is 0.290. The molecule has 216 valence electrons. The molecule has 8 nitrogen and oxygen atoms in total. The van der Waals surface area contributed by atoms with Crippen LogP contribution in [0.4, 0.5) is 27.4 Å². The van der Waals surface area contributed by atoms with E-state index in [1.807, 2.05) is 60.3 Å². The van der Waals surface area contributed by atoms with Crippen molar-refractivity contribution in [3.05, 3.63) is 88.8 Å². The number of likely N-dealkylation sites (N-methyl/N-ethyl adjacent to an activating group) is 1. The number of amides is 1. The highest BCUT2D eigenvalue weighted by Crippen LogP contribution is 2.44. The van der Waals surface area contributed by atoms with E-state index in [4.69, 9.17) is 21.3 Å². The van der Waals surface area contributed by atoms with Crippen LogP contribution in [0.15, 0.2) is 66.9 Å². The van der Waals surface area contributed by atoms with Gasteiger partial charge in [-0.15, -0.1) is 0 Å². The summed E-state index contributed by atoms with van der Waals surface area (Å²) in [6.45, 7) is 1.98. The van der Waals surface area contributed by atoms with Crippen LogP contribution in [0.2, 0.25) is 5.02 Å². The zero-order chi connectivity index (χ0) is 29.4. The Bertz CT molecular complexity index is 1630. The van der Waals surface area contributed by atoms with Gasteiger partial charge in [0.25, 0.3) is 5.91 Å². The molecule has 4 aromatic rings. The van der Waals surface area contributed by atoms with Gasteiger partial charge in [0.1, 0.15) is 11.4 Å². The number of halogens is 2. The molecule has 1 N–H and O–H groups in total. The van der Waals surface area contributed by atoms with Gasteiger partial charge in [-0.2, -0.15) is 0 Å². The predicted molar refractivity (Wildman–Crippen MR) is 164 cm³/mol. The number of likely N-dealkylation sites (tertiary alicyclic amines) is 1. The van der Waals surface area contributed by atoms with Gasteiger partial charge in [0.05, 0.1) is 18.5 Å². The molecule has 3 aromatic carbocycles. The van der Waals surface area contributed by atoms with Gasteiger partial charge in [0.15, 0.2) is 5.82 Å². The first-order chi connectivity index (χ1) is 20.3. The minimum Gasteiger partial charge on any atom is -0.494 e. The Labute approximate surface area is 249 Å². The molecule has 1 atom stereocenters. The Morgan fingerprint density at radius 3 is 2.67 bits per heavy atom. The van der Waals surface area contributed by atoms with Crippen molar-refractivity contribution in [1.82, 2.24) is 19.8 Å². The molecular weight excluding hydrogens is 555 g/mol. The molecule has 2 aliphatic rings. The van der Waals surface area contributed by atoms with Crippen molar-refractivity contribution in [3.63, 3.8) is 0 Å². The molecule has 3 heterocycles. The van der Waals surface area contributed by atoms with Gasteiger partial charge < -0.3 is 24.8 Å². The number of benzene rings is 3. The maximum absolute atomic E-state index is 15.2. The third-order valence-corrected chi connectivity index (χ3v) is 8.22. The lowest BCUT2D eigenvalue weighted by atomic mass is 10.0. The van der Waals surface area contributed by atoms with Gasteiger partial charge >= 0.3 is 0 Å². The number of nitrogens with zero attached hydrogens (tertiary/aromatic N) is 5. The number of methoxy groups -OCH3 is 1. The molecule has 6 rings (SSSR count). The fraction of sp³-hybridized carbons (Fsp3) is 0.281. The van der Waals surface area contributed by atoms with Crippen molar-refractivity contribution in [2.24, 2.45) is 0 Å². The van der Waals surface area contributed by atoms with Gasteiger partial charge in [-0.1, -0.05) is 17.7 Å². The number of aromatic nitrogens is 2. The third-order valence-electron chi connectivity index (χ3n) is 7.98. The highest BCUT2D eigenvalue weighted by molar-refractivity contribution is 6.31. The number of nitrogens with one attached hydrogen (secondary N) is 1. The number of ether oxygens (including phenoxy) is 1. The van der Waals surface area contributed by atoms with Crippen molar-refractivity contribution < 1.29 is 13.9 Å². The predicted octanol–water partition coefficient (Wildman–Crippen LogP) is 6.16. The SMILES string of the molecule is COc1cccc(F)c1N1CCc2cnc(Nc3ccc(C(=O)N4CCC(N(C)C)C4)cc3)nc2-c2ccc(Cl)cc21. The topological polar surface area (TPSA) is 73.8 Å². The van der Waals surface area contributed by atoms with Gasteiger partial charge in [0.2, 0.25) is 5.95 Å². The molecule has 0 radical (unpaired) electrons. The lowest BCUT2D eigenvalue weighted by Crippen LogP contribution is -2.34. The normalized spacial score (nSPS) is 16.2. The second-order valence-electron chi connectivity index (χ2n) is 10.8. The van der Waals surface area contributed by atoms with Crippen molar-refractivity contribution in [3.8, 4) is 17.0 Å². The summed E-state index contributed by atoms with van der Waals surface area (Å²) >= 11 is 6.43. The number of para-hydroxylation sites is 1. The molecule has 0 saturated carbocycles. The molecule has 0 spiro atoms. The molecule has 1 saturated heterocycles. The highest BCUT2D eigenvalue weighted by atomic mass is 35.5. The van der Waals surface area contributed by atoms with E-state index < -0.39 is 0 Å². The van der Waals surface area contributed by atoms with Gasteiger partial charge in [-0.25, -0.2) is 14.4 Å². The minimum atomic E-state index is -0.385. The van der Waals surface area contributed by atoms with Crippen molar-refractivity contribution in [2.45, 2.75) is 18.9 Å². The standard InChI is InChI=1S/C32H32ClFN6O2/c1-38(2)24-14-15-39(19-24)31(41)20-7-10-23(11-8-20)36-32-35-18-21-13-16-40(30-26(34)5-4-6-28(30)42-3)27-17-22(33)9-12-25(27)29(21)37-32/h4-12,17-18,24H,13-16,19H2,1-3H3,(H,35,36,37). The number of rotatable bonds is 6. The summed E-state index contributed by atoms with van der Waals surface area (Å²) in [7, 11) is 5.63. The largest absolute Gasteiger partial charge is 0.494 e. The lowest BCUT2D eigenvalue weighted by molar-refractivity contribution is 0.0783. The van der Waals surface area contributed by atoms with E-state index in [0.29, 0.717) is 47.0 Å². The number of hydrogen-bond acceptors (Lipinski definition) is 7. The number of hydrogen-bond donors (Lipinski definition) is 1. The first-order valence-electron chi connectivity index (χ1n) is 13.9. The van der Waals surface area contributed by atoms with E-state index in [2.05, 4.69) is 15.2 Å².